The molecule has 1 aliphatic heterocycles. The highest BCUT2D eigenvalue weighted by Gasteiger charge is 2.21. The number of nitrogens with zero attached hydrogens (tertiary/aromatic N) is 1. The van der Waals surface area contributed by atoms with Gasteiger partial charge in [-0.3, -0.25) is 14.5 Å². The SMILES string of the molecule is O=C(/C=C/c1c(F)cccc1F)NC1CCN(CC(=O)Nc2ccccc2)CC1. The number of halogens is 2. The van der Waals surface area contributed by atoms with E-state index in [0.29, 0.717) is 32.5 Å². The number of hydrogen-bond donors (Lipinski definition) is 2. The summed E-state index contributed by atoms with van der Waals surface area (Å²) in [6.07, 6.45) is 3.68. The summed E-state index contributed by atoms with van der Waals surface area (Å²) in [6, 6.07) is 12.8. The van der Waals surface area contributed by atoms with Crippen molar-refractivity contribution in [3.63, 3.8) is 0 Å². The number of likely N-dealkylation sites (tertiary alicyclic amines) is 1. The van der Waals surface area contributed by atoms with Gasteiger partial charge in [0.05, 0.1) is 6.54 Å². The Labute approximate surface area is 168 Å². The van der Waals surface area contributed by atoms with Gasteiger partial charge in [0.2, 0.25) is 11.8 Å². The molecule has 2 N–H and O–H groups in total. The number of anilines is 1. The van der Waals surface area contributed by atoms with Crippen LogP contribution in [-0.2, 0) is 9.59 Å². The van der Waals surface area contributed by atoms with Crippen LogP contribution in [0.3, 0.4) is 0 Å². The number of nitrogens with one attached hydrogen (secondary N) is 2. The van der Waals surface area contributed by atoms with Gasteiger partial charge in [-0.15, -0.1) is 0 Å². The Kier molecular flexibility index (Phi) is 7.08. The molecule has 0 aliphatic carbocycles. The third-order valence-electron chi connectivity index (χ3n) is 4.76. The zero-order chi connectivity index (χ0) is 20.6. The molecule has 1 fully saturated rings. The molecule has 1 aliphatic rings. The normalized spacial score (nSPS) is 15.4. The molecule has 2 amide bonds. The van der Waals surface area contributed by atoms with Crippen molar-refractivity contribution in [2.45, 2.75) is 18.9 Å². The highest BCUT2D eigenvalue weighted by molar-refractivity contribution is 5.92. The first kappa shape index (κ1) is 20.7. The van der Waals surface area contributed by atoms with E-state index >= 15 is 0 Å². The van der Waals surface area contributed by atoms with Gasteiger partial charge in [0.1, 0.15) is 11.6 Å². The highest BCUT2D eigenvalue weighted by Crippen LogP contribution is 2.14. The Bertz CT molecular complexity index is 859. The number of benzene rings is 2. The summed E-state index contributed by atoms with van der Waals surface area (Å²) in [5.41, 5.74) is 0.527. The summed E-state index contributed by atoms with van der Waals surface area (Å²) >= 11 is 0. The Morgan fingerprint density at radius 3 is 2.31 bits per heavy atom. The van der Waals surface area contributed by atoms with Crippen molar-refractivity contribution in [2.24, 2.45) is 0 Å². The van der Waals surface area contributed by atoms with Crippen LogP contribution in [0, 0.1) is 11.6 Å². The number of para-hydroxylation sites is 1. The van der Waals surface area contributed by atoms with Crippen molar-refractivity contribution < 1.29 is 18.4 Å². The standard InChI is InChI=1S/C22H23F2N3O2/c23-19-7-4-8-20(24)18(19)9-10-21(28)25-17-11-13-27(14-12-17)15-22(29)26-16-5-2-1-3-6-16/h1-10,17H,11-15H2,(H,25,28)(H,26,29)/b10-9+. The molecule has 7 heteroatoms. The van der Waals surface area contributed by atoms with E-state index in [2.05, 4.69) is 10.6 Å². The van der Waals surface area contributed by atoms with Crippen molar-refractivity contribution in [2.75, 3.05) is 25.0 Å². The minimum absolute atomic E-state index is 0.0361. The maximum atomic E-state index is 13.6. The van der Waals surface area contributed by atoms with Gasteiger partial charge >= 0.3 is 0 Å². The van der Waals surface area contributed by atoms with E-state index in [1.165, 1.54) is 6.07 Å². The molecule has 0 unspecified atom stereocenters. The number of hydrogen-bond acceptors (Lipinski definition) is 3. The molecule has 0 saturated carbocycles. The first-order valence-corrected chi connectivity index (χ1v) is 9.51. The Morgan fingerprint density at radius 1 is 1.00 bits per heavy atom. The molecule has 0 radical (unpaired) electrons. The molecule has 0 bridgehead atoms. The second-order valence-electron chi connectivity index (χ2n) is 6.94. The molecule has 0 aromatic heterocycles. The van der Waals surface area contributed by atoms with Gasteiger partial charge in [-0.25, -0.2) is 8.78 Å². The minimum Gasteiger partial charge on any atom is -0.350 e. The lowest BCUT2D eigenvalue weighted by molar-refractivity contribution is -0.119. The van der Waals surface area contributed by atoms with Crippen LogP contribution in [0.15, 0.2) is 54.6 Å². The summed E-state index contributed by atoms with van der Waals surface area (Å²) in [6.45, 7) is 1.65. The van der Waals surface area contributed by atoms with Crippen LogP contribution in [0.4, 0.5) is 14.5 Å². The number of rotatable bonds is 6. The second-order valence-corrected chi connectivity index (χ2v) is 6.94. The van der Waals surface area contributed by atoms with Crippen LogP contribution in [0.5, 0.6) is 0 Å². The number of piperidine rings is 1. The van der Waals surface area contributed by atoms with E-state index < -0.39 is 17.5 Å². The summed E-state index contributed by atoms with van der Waals surface area (Å²) in [7, 11) is 0. The van der Waals surface area contributed by atoms with Gasteiger partial charge in [0, 0.05) is 36.5 Å². The van der Waals surface area contributed by atoms with E-state index in [9.17, 15) is 18.4 Å². The molecule has 5 nitrogen and oxygen atoms in total. The Hall–Kier alpha value is -3.06. The zero-order valence-corrected chi connectivity index (χ0v) is 15.9. The number of carbonyl (C=O) groups excluding carboxylic acids is 2. The summed E-state index contributed by atoms with van der Waals surface area (Å²) < 4.78 is 27.2. The van der Waals surface area contributed by atoms with Crippen molar-refractivity contribution in [1.29, 1.82) is 0 Å². The highest BCUT2D eigenvalue weighted by atomic mass is 19.1. The predicted molar refractivity (Wildman–Crippen MR) is 108 cm³/mol. The largest absolute Gasteiger partial charge is 0.350 e. The lowest BCUT2D eigenvalue weighted by atomic mass is 10.0. The molecular weight excluding hydrogens is 376 g/mol. The van der Waals surface area contributed by atoms with Crippen molar-refractivity contribution >= 4 is 23.6 Å². The van der Waals surface area contributed by atoms with E-state index in [1.807, 2.05) is 35.2 Å². The fourth-order valence-corrected chi connectivity index (χ4v) is 3.24. The van der Waals surface area contributed by atoms with Crippen molar-refractivity contribution in [1.82, 2.24) is 10.2 Å². The first-order valence-electron chi connectivity index (χ1n) is 9.51. The molecule has 0 atom stereocenters. The summed E-state index contributed by atoms with van der Waals surface area (Å²) in [5, 5.41) is 5.70. The maximum absolute atomic E-state index is 13.6. The Morgan fingerprint density at radius 2 is 1.66 bits per heavy atom. The third-order valence-corrected chi connectivity index (χ3v) is 4.76. The zero-order valence-electron chi connectivity index (χ0n) is 15.9. The molecule has 152 valence electrons. The van der Waals surface area contributed by atoms with Crippen LogP contribution in [-0.4, -0.2) is 42.4 Å². The van der Waals surface area contributed by atoms with E-state index in [4.69, 9.17) is 0 Å². The summed E-state index contributed by atoms with van der Waals surface area (Å²) in [4.78, 5) is 26.2. The van der Waals surface area contributed by atoms with Crippen LogP contribution >= 0.6 is 0 Å². The van der Waals surface area contributed by atoms with E-state index in [-0.39, 0.29) is 17.5 Å². The maximum Gasteiger partial charge on any atom is 0.244 e. The van der Waals surface area contributed by atoms with Crippen LogP contribution < -0.4 is 10.6 Å². The average Bonchev–Trinajstić information content (AvgIpc) is 2.70. The van der Waals surface area contributed by atoms with Gasteiger partial charge in [0.15, 0.2) is 0 Å². The lowest BCUT2D eigenvalue weighted by Crippen LogP contribution is -2.46. The van der Waals surface area contributed by atoms with Crippen molar-refractivity contribution in [3.8, 4) is 0 Å². The van der Waals surface area contributed by atoms with Gasteiger partial charge in [0.25, 0.3) is 0 Å². The number of carbonyl (C=O) groups is 2. The fourth-order valence-electron chi connectivity index (χ4n) is 3.24. The smallest absolute Gasteiger partial charge is 0.244 e. The molecule has 1 saturated heterocycles. The van der Waals surface area contributed by atoms with Gasteiger partial charge < -0.3 is 10.6 Å². The van der Waals surface area contributed by atoms with E-state index in [0.717, 1.165) is 30.0 Å². The molecule has 0 spiro atoms. The van der Waals surface area contributed by atoms with Crippen LogP contribution in [0.25, 0.3) is 6.08 Å². The van der Waals surface area contributed by atoms with Gasteiger partial charge in [-0.05, 0) is 43.2 Å². The monoisotopic (exact) mass is 399 g/mol. The van der Waals surface area contributed by atoms with E-state index in [1.54, 1.807) is 0 Å². The minimum atomic E-state index is -0.712. The molecular formula is C22H23F2N3O2. The Balaban J connectivity index is 1.42. The molecule has 2 aromatic carbocycles. The molecule has 29 heavy (non-hydrogen) atoms. The molecule has 2 aromatic rings. The average molecular weight is 399 g/mol. The second kappa shape index (κ2) is 9.93. The predicted octanol–water partition coefficient (Wildman–Crippen LogP) is 3.20. The molecule has 1 heterocycles. The summed E-state index contributed by atoms with van der Waals surface area (Å²) in [5.74, 6) is -1.89. The van der Waals surface area contributed by atoms with Crippen molar-refractivity contribution in [3.05, 3.63) is 71.8 Å². The van der Waals surface area contributed by atoms with Gasteiger partial charge in [-0.2, -0.15) is 0 Å². The lowest BCUT2D eigenvalue weighted by Gasteiger charge is -2.31. The van der Waals surface area contributed by atoms with Crippen LogP contribution in [0.1, 0.15) is 18.4 Å². The molecule has 3 rings (SSSR count). The third kappa shape index (κ3) is 6.22. The number of amides is 2. The van der Waals surface area contributed by atoms with Gasteiger partial charge in [-0.1, -0.05) is 24.3 Å². The topological polar surface area (TPSA) is 61.4 Å². The fraction of sp³-hybridized carbons (Fsp3) is 0.273. The van der Waals surface area contributed by atoms with Crippen LogP contribution in [0.2, 0.25) is 0 Å². The first-order chi connectivity index (χ1) is 14.0. The quantitative estimate of drug-likeness (QED) is 0.734.